The first-order chi connectivity index (χ1) is 14.8. The minimum atomic E-state index is -0.604. The highest BCUT2D eigenvalue weighted by atomic mass is 35.5. The van der Waals surface area contributed by atoms with E-state index in [1.807, 2.05) is 12.1 Å². The average Bonchev–Trinajstić information content (AvgIpc) is 2.73. The SMILES string of the molecule is CCCCNC(=O)[C@@H](C)N(Cc1cccc(Cl)c1)C(=O)CSCc1c(Cl)cccc1Cl. The van der Waals surface area contributed by atoms with Gasteiger partial charge in [0.15, 0.2) is 0 Å². The number of benzene rings is 2. The zero-order valence-corrected chi connectivity index (χ0v) is 20.8. The number of unbranched alkanes of at least 4 members (excludes halogenated alkanes) is 1. The molecule has 4 nitrogen and oxygen atoms in total. The Balaban J connectivity index is 2.08. The van der Waals surface area contributed by atoms with Gasteiger partial charge in [-0.2, -0.15) is 0 Å². The number of nitrogens with zero attached hydrogens (tertiary/aromatic N) is 1. The van der Waals surface area contributed by atoms with E-state index >= 15 is 0 Å². The first-order valence-corrected chi connectivity index (χ1v) is 12.4. The number of hydrogen-bond acceptors (Lipinski definition) is 3. The molecule has 0 aliphatic rings. The number of carbonyl (C=O) groups is 2. The van der Waals surface area contributed by atoms with E-state index in [0.29, 0.717) is 33.9 Å². The fourth-order valence-corrected chi connectivity index (χ4v) is 4.80. The summed E-state index contributed by atoms with van der Waals surface area (Å²) in [5.74, 6) is 0.412. The topological polar surface area (TPSA) is 49.4 Å². The molecule has 2 aromatic rings. The summed E-state index contributed by atoms with van der Waals surface area (Å²) >= 11 is 20.0. The molecule has 1 N–H and O–H groups in total. The molecule has 0 aromatic heterocycles. The molecule has 2 rings (SSSR count). The van der Waals surface area contributed by atoms with Crippen molar-refractivity contribution in [1.82, 2.24) is 10.2 Å². The Morgan fingerprint density at radius 2 is 1.77 bits per heavy atom. The number of thioether (sulfide) groups is 1. The Bertz CT molecular complexity index is 875. The smallest absolute Gasteiger partial charge is 0.242 e. The van der Waals surface area contributed by atoms with Crippen LogP contribution >= 0.6 is 46.6 Å². The van der Waals surface area contributed by atoms with Crippen LogP contribution < -0.4 is 5.32 Å². The van der Waals surface area contributed by atoms with Crippen LogP contribution in [0.5, 0.6) is 0 Å². The summed E-state index contributed by atoms with van der Waals surface area (Å²) in [5.41, 5.74) is 1.67. The molecule has 0 heterocycles. The zero-order valence-electron chi connectivity index (χ0n) is 17.7. The highest BCUT2D eigenvalue weighted by molar-refractivity contribution is 7.99. The molecule has 0 aliphatic heterocycles. The molecule has 0 spiro atoms. The zero-order chi connectivity index (χ0) is 22.8. The first-order valence-electron chi connectivity index (χ1n) is 10.2. The number of rotatable bonds is 11. The van der Waals surface area contributed by atoms with Crippen LogP contribution in [0.15, 0.2) is 42.5 Å². The second-order valence-electron chi connectivity index (χ2n) is 7.17. The van der Waals surface area contributed by atoms with Crippen LogP contribution in [0.1, 0.15) is 37.8 Å². The van der Waals surface area contributed by atoms with Crippen LogP contribution in [0.25, 0.3) is 0 Å². The minimum Gasteiger partial charge on any atom is -0.354 e. The van der Waals surface area contributed by atoms with Crippen molar-refractivity contribution in [3.63, 3.8) is 0 Å². The summed E-state index contributed by atoms with van der Waals surface area (Å²) in [5, 5.41) is 4.65. The number of carbonyl (C=O) groups excluding carboxylic acids is 2. The van der Waals surface area contributed by atoms with Crippen molar-refractivity contribution in [3.05, 3.63) is 68.7 Å². The van der Waals surface area contributed by atoms with Crippen LogP contribution in [0.4, 0.5) is 0 Å². The van der Waals surface area contributed by atoms with E-state index in [0.717, 1.165) is 24.0 Å². The Hall–Kier alpha value is -1.40. The van der Waals surface area contributed by atoms with Crippen LogP contribution in [0.2, 0.25) is 15.1 Å². The molecular formula is C23H27Cl3N2O2S. The first kappa shape index (κ1) is 25.9. The lowest BCUT2D eigenvalue weighted by Gasteiger charge is -2.29. The highest BCUT2D eigenvalue weighted by Gasteiger charge is 2.26. The van der Waals surface area contributed by atoms with Crippen LogP contribution in [0.3, 0.4) is 0 Å². The number of amides is 2. The molecule has 0 unspecified atom stereocenters. The van der Waals surface area contributed by atoms with E-state index < -0.39 is 6.04 Å². The van der Waals surface area contributed by atoms with Gasteiger partial charge in [0, 0.05) is 33.9 Å². The molecule has 2 aromatic carbocycles. The van der Waals surface area contributed by atoms with Gasteiger partial charge in [-0.05, 0) is 48.7 Å². The van der Waals surface area contributed by atoms with Crippen molar-refractivity contribution in [3.8, 4) is 0 Å². The minimum absolute atomic E-state index is 0.133. The van der Waals surface area contributed by atoms with Gasteiger partial charge in [0.1, 0.15) is 6.04 Å². The molecule has 1 atom stereocenters. The molecule has 0 aliphatic carbocycles. The fourth-order valence-electron chi connectivity index (χ4n) is 2.94. The van der Waals surface area contributed by atoms with Crippen molar-refractivity contribution < 1.29 is 9.59 Å². The monoisotopic (exact) mass is 500 g/mol. The van der Waals surface area contributed by atoms with E-state index in [1.165, 1.54) is 11.8 Å². The second-order valence-corrected chi connectivity index (χ2v) is 9.40. The van der Waals surface area contributed by atoms with Gasteiger partial charge in [-0.15, -0.1) is 11.8 Å². The Labute approximate surface area is 203 Å². The summed E-state index contributed by atoms with van der Waals surface area (Å²) in [6, 6.07) is 12.0. The highest BCUT2D eigenvalue weighted by Crippen LogP contribution is 2.28. The third-order valence-electron chi connectivity index (χ3n) is 4.77. The molecule has 31 heavy (non-hydrogen) atoms. The van der Waals surface area contributed by atoms with Crippen molar-refractivity contribution in [2.45, 2.75) is 45.0 Å². The van der Waals surface area contributed by atoms with Gasteiger partial charge in [-0.3, -0.25) is 9.59 Å². The standard InChI is InChI=1S/C23H27Cl3N2O2S/c1-3-4-11-27-23(30)16(2)28(13-17-7-5-8-18(24)12-17)22(29)15-31-14-19-20(25)9-6-10-21(19)26/h5-10,12,16H,3-4,11,13-15H2,1-2H3,(H,27,30)/t16-/m1/s1. The second kappa shape index (κ2) is 13.2. The molecule has 2 amide bonds. The maximum atomic E-state index is 13.1. The van der Waals surface area contributed by atoms with E-state index in [1.54, 1.807) is 42.2 Å². The number of hydrogen-bond donors (Lipinski definition) is 1. The quantitative estimate of drug-likeness (QED) is 0.372. The van der Waals surface area contributed by atoms with Gasteiger partial charge in [0.25, 0.3) is 0 Å². The van der Waals surface area contributed by atoms with Gasteiger partial charge in [0.2, 0.25) is 11.8 Å². The summed E-state index contributed by atoms with van der Waals surface area (Å²) < 4.78 is 0. The summed E-state index contributed by atoms with van der Waals surface area (Å²) in [6.45, 7) is 4.71. The molecular weight excluding hydrogens is 475 g/mol. The Morgan fingerprint density at radius 3 is 2.42 bits per heavy atom. The average molecular weight is 502 g/mol. The van der Waals surface area contributed by atoms with Crippen molar-refractivity contribution in [2.24, 2.45) is 0 Å². The third-order valence-corrected chi connectivity index (χ3v) is 6.66. The van der Waals surface area contributed by atoms with E-state index in [-0.39, 0.29) is 17.6 Å². The molecule has 0 radical (unpaired) electrons. The lowest BCUT2D eigenvalue weighted by molar-refractivity contribution is -0.138. The third kappa shape index (κ3) is 8.23. The molecule has 0 saturated carbocycles. The van der Waals surface area contributed by atoms with Crippen LogP contribution in [0, 0.1) is 0 Å². The van der Waals surface area contributed by atoms with Gasteiger partial charge in [0.05, 0.1) is 5.75 Å². The van der Waals surface area contributed by atoms with Crippen molar-refractivity contribution in [2.75, 3.05) is 12.3 Å². The van der Waals surface area contributed by atoms with Crippen molar-refractivity contribution in [1.29, 1.82) is 0 Å². The molecule has 0 saturated heterocycles. The largest absolute Gasteiger partial charge is 0.354 e. The van der Waals surface area contributed by atoms with Crippen LogP contribution in [-0.4, -0.2) is 35.1 Å². The number of halogens is 3. The molecule has 0 bridgehead atoms. The number of nitrogens with one attached hydrogen (secondary N) is 1. The maximum absolute atomic E-state index is 13.1. The van der Waals surface area contributed by atoms with Crippen LogP contribution in [-0.2, 0) is 21.9 Å². The molecule has 0 fully saturated rings. The molecule has 168 valence electrons. The molecule has 8 heteroatoms. The predicted molar refractivity (Wildman–Crippen MR) is 132 cm³/mol. The Morgan fingerprint density at radius 1 is 1.10 bits per heavy atom. The maximum Gasteiger partial charge on any atom is 0.242 e. The van der Waals surface area contributed by atoms with Gasteiger partial charge in [-0.25, -0.2) is 0 Å². The Kier molecular flexibility index (Phi) is 11.0. The van der Waals surface area contributed by atoms with E-state index in [2.05, 4.69) is 12.2 Å². The normalized spacial score (nSPS) is 11.8. The fraction of sp³-hybridized carbons (Fsp3) is 0.391. The van der Waals surface area contributed by atoms with Gasteiger partial charge >= 0.3 is 0 Å². The van der Waals surface area contributed by atoms with Gasteiger partial charge in [-0.1, -0.05) is 66.3 Å². The van der Waals surface area contributed by atoms with Gasteiger partial charge < -0.3 is 10.2 Å². The van der Waals surface area contributed by atoms with E-state index in [9.17, 15) is 9.59 Å². The summed E-state index contributed by atoms with van der Waals surface area (Å²) in [7, 11) is 0. The lowest BCUT2D eigenvalue weighted by atomic mass is 10.1. The van der Waals surface area contributed by atoms with Crippen molar-refractivity contribution >= 4 is 58.4 Å². The summed E-state index contributed by atoms with van der Waals surface area (Å²) in [4.78, 5) is 27.3. The van der Waals surface area contributed by atoms with E-state index in [4.69, 9.17) is 34.8 Å². The predicted octanol–water partition coefficient (Wildman–Crippen LogP) is 6.21. The summed E-state index contributed by atoms with van der Waals surface area (Å²) in [6.07, 6.45) is 1.89. The lowest BCUT2D eigenvalue weighted by Crippen LogP contribution is -2.48.